The molecule has 1 heterocycles. The predicted molar refractivity (Wildman–Crippen MR) is 37.2 cm³/mol. The first-order valence-corrected chi connectivity index (χ1v) is 3.81. The molecule has 0 saturated carbocycles. The molecule has 10 heavy (non-hydrogen) atoms. The van der Waals surface area contributed by atoms with Crippen LogP contribution in [0.5, 0.6) is 0 Å². The van der Waals surface area contributed by atoms with Gasteiger partial charge in [0.25, 0.3) is 0 Å². The van der Waals surface area contributed by atoms with Gasteiger partial charge in [0, 0.05) is 12.6 Å². The molecule has 59 valence electrons. The quantitative estimate of drug-likeness (QED) is 0.599. The molecule has 0 aliphatic carbocycles. The molecule has 1 fully saturated rings. The Bertz CT molecular complexity index is 97.6. The molecule has 1 aliphatic heterocycles. The van der Waals surface area contributed by atoms with Gasteiger partial charge < -0.3 is 5.11 Å². The molecule has 1 saturated heterocycles. The highest BCUT2D eigenvalue weighted by molar-refractivity contribution is 4.77. The maximum absolute atomic E-state index is 10.2. The molecule has 0 unspecified atom stereocenters. The van der Waals surface area contributed by atoms with Crippen molar-refractivity contribution in [2.24, 2.45) is 0 Å². The van der Waals surface area contributed by atoms with E-state index in [4.69, 9.17) is 5.11 Å². The maximum Gasteiger partial charge on any atom is 0.0949 e. The minimum atomic E-state index is -0.0451. The van der Waals surface area contributed by atoms with E-state index < -0.39 is 0 Å². The minimum absolute atomic E-state index is 0.0451. The van der Waals surface area contributed by atoms with Crippen LogP contribution in [-0.4, -0.2) is 42.4 Å². The van der Waals surface area contributed by atoms with Crippen LogP contribution in [0.15, 0.2) is 0 Å². The molecule has 1 N–H and O–H groups in total. The Labute approximate surface area is 61.3 Å². The van der Waals surface area contributed by atoms with Crippen LogP contribution >= 0.6 is 0 Å². The summed E-state index contributed by atoms with van der Waals surface area (Å²) in [5, 5.41) is 19.0. The molecule has 0 aromatic heterocycles. The summed E-state index contributed by atoms with van der Waals surface area (Å²) in [5.41, 5.74) is 0. The molecule has 3 heteroatoms. The first-order chi connectivity index (χ1) is 4.88. The van der Waals surface area contributed by atoms with E-state index in [1.807, 2.05) is 0 Å². The van der Waals surface area contributed by atoms with Crippen molar-refractivity contribution in [1.29, 1.82) is 0 Å². The lowest BCUT2D eigenvalue weighted by molar-refractivity contribution is 0.107. The third-order valence-corrected chi connectivity index (χ3v) is 2.09. The lowest BCUT2D eigenvalue weighted by Crippen LogP contribution is -2.34. The molecule has 1 atom stereocenters. The number of likely N-dealkylation sites (tertiary alicyclic amines) is 1. The van der Waals surface area contributed by atoms with Gasteiger partial charge in [0.1, 0.15) is 0 Å². The zero-order valence-corrected chi connectivity index (χ0v) is 6.12. The summed E-state index contributed by atoms with van der Waals surface area (Å²) in [5.74, 6) is 0. The van der Waals surface area contributed by atoms with Gasteiger partial charge in [0.05, 0.1) is 13.2 Å². The second kappa shape index (κ2) is 3.91. The molecule has 1 aliphatic rings. The second-order valence-electron chi connectivity index (χ2n) is 2.72. The van der Waals surface area contributed by atoms with Gasteiger partial charge in [-0.25, -0.2) is 5.11 Å². The van der Waals surface area contributed by atoms with Gasteiger partial charge in [0.2, 0.25) is 0 Å². The van der Waals surface area contributed by atoms with Gasteiger partial charge in [0.15, 0.2) is 0 Å². The van der Waals surface area contributed by atoms with Crippen molar-refractivity contribution in [3.8, 4) is 0 Å². The Morgan fingerprint density at radius 3 is 3.00 bits per heavy atom. The van der Waals surface area contributed by atoms with Crippen molar-refractivity contribution in [2.75, 3.05) is 26.3 Å². The van der Waals surface area contributed by atoms with E-state index in [-0.39, 0.29) is 19.3 Å². The van der Waals surface area contributed by atoms with E-state index in [2.05, 4.69) is 4.90 Å². The maximum atomic E-state index is 10.2. The lowest BCUT2D eigenvalue weighted by Gasteiger charge is -2.20. The van der Waals surface area contributed by atoms with Gasteiger partial charge in [-0.05, 0) is 19.4 Å². The van der Waals surface area contributed by atoms with Crippen molar-refractivity contribution < 1.29 is 10.2 Å². The van der Waals surface area contributed by atoms with Crippen molar-refractivity contribution in [3.63, 3.8) is 0 Å². The highest BCUT2D eigenvalue weighted by atomic mass is 16.3. The minimum Gasteiger partial charge on any atom is -0.395 e. The summed E-state index contributed by atoms with van der Waals surface area (Å²) in [4.78, 5) is 2.08. The third-order valence-electron chi connectivity index (χ3n) is 2.09. The molecular formula is C7H14NO2. The number of hydrogen-bond acceptors (Lipinski definition) is 2. The Hall–Kier alpha value is -0.120. The Morgan fingerprint density at radius 2 is 2.40 bits per heavy atom. The first-order valence-electron chi connectivity index (χ1n) is 3.81. The van der Waals surface area contributed by atoms with Crippen LogP contribution in [-0.2, 0) is 5.11 Å². The number of rotatable bonds is 3. The van der Waals surface area contributed by atoms with Gasteiger partial charge >= 0.3 is 0 Å². The molecule has 0 aromatic carbocycles. The molecule has 0 spiro atoms. The molecule has 1 rings (SSSR count). The van der Waals surface area contributed by atoms with E-state index in [0.717, 1.165) is 19.4 Å². The second-order valence-corrected chi connectivity index (χ2v) is 2.72. The number of hydrogen-bond donors (Lipinski definition) is 1. The summed E-state index contributed by atoms with van der Waals surface area (Å²) in [6.45, 7) is 1.76. The van der Waals surface area contributed by atoms with Crippen molar-refractivity contribution in [3.05, 3.63) is 0 Å². The van der Waals surface area contributed by atoms with Gasteiger partial charge in [-0.3, -0.25) is 4.90 Å². The lowest BCUT2D eigenvalue weighted by atomic mass is 10.2. The molecule has 0 bridgehead atoms. The van der Waals surface area contributed by atoms with Crippen LogP contribution in [0.2, 0.25) is 0 Å². The summed E-state index contributed by atoms with van der Waals surface area (Å²) in [7, 11) is 0. The standard InChI is InChI=1S/C7H14NO2/c9-5-4-8-3-1-2-7(8)6-10/h7,10H,1-6H2/t7-/m0/s1. The van der Waals surface area contributed by atoms with Crippen molar-refractivity contribution in [2.45, 2.75) is 18.9 Å². The highest BCUT2D eigenvalue weighted by Gasteiger charge is 2.22. The topological polar surface area (TPSA) is 43.4 Å². The van der Waals surface area contributed by atoms with Crippen LogP contribution < -0.4 is 0 Å². The molecule has 1 radical (unpaired) electrons. The van der Waals surface area contributed by atoms with Crippen molar-refractivity contribution >= 4 is 0 Å². The zero-order chi connectivity index (χ0) is 7.40. The van der Waals surface area contributed by atoms with Crippen molar-refractivity contribution in [1.82, 2.24) is 4.90 Å². The van der Waals surface area contributed by atoms with Crippen LogP contribution in [0.4, 0.5) is 0 Å². The predicted octanol–water partition coefficient (Wildman–Crippen LogP) is -0.126. The Kier molecular flexibility index (Phi) is 3.12. The van der Waals surface area contributed by atoms with E-state index in [9.17, 15) is 5.11 Å². The van der Waals surface area contributed by atoms with Gasteiger partial charge in [-0.1, -0.05) is 0 Å². The van der Waals surface area contributed by atoms with Crippen LogP contribution in [0.1, 0.15) is 12.8 Å². The average molecular weight is 144 g/mol. The van der Waals surface area contributed by atoms with E-state index in [0.29, 0.717) is 6.54 Å². The molecule has 3 nitrogen and oxygen atoms in total. The number of aliphatic hydroxyl groups excluding tert-OH is 1. The van der Waals surface area contributed by atoms with Gasteiger partial charge in [-0.2, -0.15) is 0 Å². The van der Waals surface area contributed by atoms with E-state index in [1.165, 1.54) is 0 Å². The largest absolute Gasteiger partial charge is 0.395 e. The zero-order valence-electron chi connectivity index (χ0n) is 6.12. The number of nitrogens with zero attached hydrogens (tertiary/aromatic N) is 1. The first kappa shape index (κ1) is 7.98. The smallest absolute Gasteiger partial charge is 0.0949 e. The fourth-order valence-electron chi connectivity index (χ4n) is 1.51. The summed E-state index contributed by atoms with van der Waals surface area (Å²) < 4.78 is 0. The number of aliphatic hydroxyl groups is 1. The molecule has 0 aromatic rings. The van der Waals surface area contributed by atoms with Gasteiger partial charge in [-0.15, -0.1) is 0 Å². The molecular weight excluding hydrogens is 130 g/mol. The van der Waals surface area contributed by atoms with E-state index in [1.54, 1.807) is 0 Å². The molecule has 0 amide bonds. The third kappa shape index (κ3) is 1.68. The normalized spacial score (nSPS) is 27.6. The van der Waals surface area contributed by atoms with Crippen LogP contribution in [0.25, 0.3) is 0 Å². The summed E-state index contributed by atoms with van der Waals surface area (Å²) in [6, 6.07) is 0.272. The van der Waals surface area contributed by atoms with E-state index >= 15 is 0 Å². The fourth-order valence-corrected chi connectivity index (χ4v) is 1.51. The fraction of sp³-hybridized carbons (Fsp3) is 1.00. The summed E-state index contributed by atoms with van der Waals surface area (Å²) in [6.07, 6.45) is 2.18. The Balaban J connectivity index is 2.27. The summed E-state index contributed by atoms with van der Waals surface area (Å²) >= 11 is 0. The average Bonchev–Trinajstić information content (AvgIpc) is 2.36. The van der Waals surface area contributed by atoms with Crippen LogP contribution in [0.3, 0.4) is 0 Å². The highest BCUT2D eigenvalue weighted by Crippen LogP contribution is 2.15. The SMILES string of the molecule is [O]CCN1CCC[C@H]1CO. The monoisotopic (exact) mass is 144 g/mol. The Morgan fingerprint density at radius 1 is 1.60 bits per heavy atom. The van der Waals surface area contributed by atoms with Crippen LogP contribution in [0, 0.1) is 0 Å².